The van der Waals surface area contributed by atoms with Crippen LogP contribution >= 0.6 is 11.3 Å². The highest BCUT2D eigenvalue weighted by Crippen LogP contribution is 2.22. The van der Waals surface area contributed by atoms with E-state index < -0.39 is 11.6 Å². The third-order valence-corrected chi connectivity index (χ3v) is 5.22. The van der Waals surface area contributed by atoms with Crippen LogP contribution in [-0.4, -0.2) is 15.7 Å². The zero-order valence-corrected chi connectivity index (χ0v) is 16.5. The topological polar surface area (TPSA) is 56.2 Å². The number of benzene rings is 2. The van der Waals surface area contributed by atoms with Crippen molar-refractivity contribution in [3.63, 3.8) is 0 Å². The van der Waals surface area contributed by atoms with Gasteiger partial charge in [-0.2, -0.15) is 5.10 Å². The molecule has 2 heterocycles. The number of nitrogens with zero attached hydrogens (tertiary/aromatic N) is 2. The summed E-state index contributed by atoms with van der Waals surface area (Å²) < 4.78 is 33.7. The smallest absolute Gasteiger partial charge is 0.265 e. The lowest BCUT2D eigenvalue weighted by Gasteiger charge is -2.05. The van der Waals surface area contributed by atoms with E-state index in [9.17, 15) is 13.6 Å². The highest BCUT2D eigenvalue weighted by Gasteiger charge is 2.12. The molecule has 30 heavy (non-hydrogen) atoms. The zero-order valence-electron chi connectivity index (χ0n) is 15.7. The molecule has 0 bridgehead atoms. The van der Waals surface area contributed by atoms with Gasteiger partial charge in [-0.05, 0) is 29.1 Å². The van der Waals surface area contributed by atoms with Gasteiger partial charge in [0, 0.05) is 17.8 Å². The van der Waals surface area contributed by atoms with Crippen molar-refractivity contribution in [3.05, 3.63) is 100 Å². The van der Waals surface area contributed by atoms with Crippen molar-refractivity contribution in [3.8, 4) is 5.75 Å². The molecule has 2 aromatic heterocycles. The molecule has 2 aromatic carbocycles. The third kappa shape index (κ3) is 4.90. The molecule has 0 aliphatic rings. The van der Waals surface area contributed by atoms with Gasteiger partial charge in [-0.15, -0.1) is 11.3 Å². The first kappa shape index (κ1) is 19.8. The molecule has 0 fully saturated rings. The molecular formula is C22H17F2N3O2S. The van der Waals surface area contributed by atoms with E-state index in [1.165, 1.54) is 17.4 Å². The Kier molecular flexibility index (Phi) is 5.85. The number of rotatable bonds is 7. The molecule has 0 aliphatic carbocycles. The largest absolute Gasteiger partial charge is 0.486 e. The van der Waals surface area contributed by atoms with Crippen LogP contribution in [-0.2, 0) is 13.2 Å². The zero-order chi connectivity index (χ0) is 20.9. The Morgan fingerprint density at radius 2 is 1.93 bits per heavy atom. The average Bonchev–Trinajstić information content (AvgIpc) is 3.38. The summed E-state index contributed by atoms with van der Waals surface area (Å²) >= 11 is 1.26. The Bertz CT molecular complexity index is 1160. The fourth-order valence-corrected chi connectivity index (χ4v) is 3.59. The van der Waals surface area contributed by atoms with Crippen LogP contribution in [0.3, 0.4) is 0 Å². The number of halogens is 2. The fourth-order valence-electron chi connectivity index (χ4n) is 2.80. The van der Waals surface area contributed by atoms with Crippen LogP contribution in [0.5, 0.6) is 5.75 Å². The van der Waals surface area contributed by atoms with Crippen molar-refractivity contribution in [1.82, 2.24) is 9.78 Å². The maximum absolute atomic E-state index is 13.6. The molecule has 0 atom stereocenters. The summed E-state index contributed by atoms with van der Waals surface area (Å²) in [7, 11) is 0. The summed E-state index contributed by atoms with van der Waals surface area (Å²) in [6, 6.07) is 14.7. The molecule has 0 saturated carbocycles. The lowest BCUT2D eigenvalue weighted by atomic mass is 10.2. The van der Waals surface area contributed by atoms with E-state index in [1.54, 1.807) is 28.5 Å². The van der Waals surface area contributed by atoms with E-state index in [-0.39, 0.29) is 18.3 Å². The monoisotopic (exact) mass is 425 g/mol. The van der Waals surface area contributed by atoms with Gasteiger partial charge in [0.2, 0.25) is 0 Å². The maximum Gasteiger partial charge on any atom is 0.265 e. The molecule has 0 saturated heterocycles. The second-order valence-electron chi connectivity index (χ2n) is 6.55. The van der Waals surface area contributed by atoms with Crippen LogP contribution in [0, 0.1) is 11.6 Å². The van der Waals surface area contributed by atoms with Crippen molar-refractivity contribution in [2.75, 3.05) is 5.32 Å². The number of amides is 1. The number of hydrogen-bond donors (Lipinski definition) is 1. The van der Waals surface area contributed by atoms with Crippen molar-refractivity contribution in [2.24, 2.45) is 0 Å². The first-order chi connectivity index (χ1) is 14.6. The molecule has 0 unspecified atom stereocenters. The highest BCUT2D eigenvalue weighted by atomic mass is 32.1. The minimum Gasteiger partial charge on any atom is -0.486 e. The molecule has 4 rings (SSSR count). The first-order valence-corrected chi connectivity index (χ1v) is 9.98. The fraction of sp³-hybridized carbons (Fsp3) is 0.0909. The van der Waals surface area contributed by atoms with Gasteiger partial charge in [0.1, 0.15) is 12.4 Å². The Hall–Kier alpha value is -3.52. The summed E-state index contributed by atoms with van der Waals surface area (Å²) in [5, 5.41) is 8.84. The van der Waals surface area contributed by atoms with Crippen molar-refractivity contribution >= 4 is 22.9 Å². The normalized spacial score (nSPS) is 10.7. The minimum absolute atomic E-state index is 0.0422. The molecule has 8 heteroatoms. The maximum atomic E-state index is 13.6. The number of thiophene rings is 1. The summed E-state index contributed by atoms with van der Waals surface area (Å²) in [4.78, 5) is 13.0. The van der Waals surface area contributed by atoms with Crippen molar-refractivity contribution in [1.29, 1.82) is 0 Å². The van der Waals surface area contributed by atoms with Gasteiger partial charge >= 0.3 is 0 Å². The van der Waals surface area contributed by atoms with Gasteiger partial charge in [-0.3, -0.25) is 9.48 Å². The van der Waals surface area contributed by atoms with E-state index in [4.69, 9.17) is 4.74 Å². The minimum atomic E-state index is -0.768. The second kappa shape index (κ2) is 8.87. The Balaban J connectivity index is 1.34. The van der Waals surface area contributed by atoms with Crippen LogP contribution < -0.4 is 10.1 Å². The van der Waals surface area contributed by atoms with Gasteiger partial charge in [0.15, 0.2) is 11.6 Å². The molecule has 0 spiro atoms. The molecule has 0 aliphatic heterocycles. The Morgan fingerprint density at radius 1 is 1.10 bits per heavy atom. The van der Waals surface area contributed by atoms with Crippen molar-refractivity contribution in [2.45, 2.75) is 13.2 Å². The van der Waals surface area contributed by atoms with E-state index in [0.29, 0.717) is 22.7 Å². The van der Waals surface area contributed by atoms with E-state index in [2.05, 4.69) is 10.4 Å². The van der Waals surface area contributed by atoms with Crippen LogP contribution in [0.4, 0.5) is 14.5 Å². The number of aromatic nitrogens is 2. The number of carbonyl (C=O) groups is 1. The second-order valence-corrected chi connectivity index (χ2v) is 7.46. The quantitative estimate of drug-likeness (QED) is 0.448. The lowest BCUT2D eigenvalue weighted by Crippen LogP contribution is -2.09. The number of hydrogen-bond acceptors (Lipinski definition) is 4. The number of nitrogens with one attached hydrogen (secondary N) is 1. The number of carbonyl (C=O) groups excluding carboxylic acids is 1. The Morgan fingerprint density at radius 3 is 2.73 bits per heavy atom. The molecule has 0 radical (unpaired) electrons. The molecule has 1 N–H and O–H groups in total. The SMILES string of the molecule is O=C(Nc1cnn(Cc2ccccc2)c1)c1cc(COc2ccc(F)cc2F)cs1. The van der Waals surface area contributed by atoms with Gasteiger partial charge < -0.3 is 10.1 Å². The van der Waals surface area contributed by atoms with Crippen LogP contribution in [0.1, 0.15) is 20.8 Å². The van der Waals surface area contributed by atoms with Crippen LogP contribution in [0.2, 0.25) is 0 Å². The molecule has 4 aromatic rings. The predicted molar refractivity (Wildman–Crippen MR) is 111 cm³/mol. The molecule has 5 nitrogen and oxygen atoms in total. The highest BCUT2D eigenvalue weighted by molar-refractivity contribution is 7.12. The lowest BCUT2D eigenvalue weighted by molar-refractivity contribution is 0.103. The van der Waals surface area contributed by atoms with Gasteiger partial charge in [0.25, 0.3) is 5.91 Å². The average molecular weight is 425 g/mol. The van der Waals surface area contributed by atoms with E-state index >= 15 is 0 Å². The van der Waals surface area contributed by atoms with Crippen LogP contribution in [0.15, 0.2) is 72.4 Å². The van der Waals surface area contributed by atoms with Crippen LogP contribution in [0.25, 0.3) is 0 Å². The molecule has 152 valence electrons. The molecule has 1 amide bonds. The summed E-state index contributed by atoms with van der Waals surface area (Å²) in [6.45, 7) is 0.679. The van der Waals surface area contributed by atoms with Gasteiger partial charge in [-0.1, -0.05) is 30.3 Å². The number of ether oxygens (including phenoxy) is 1. The Labute approximate surface area is 175 Å². The van der Waals surface area contributed by atoms with Gasteiger partial charge in [0.05, 0.1) is 23.3 Å². The summed E-state index contributed by atoms with van der Waals surface area (Å²) in [5.41, 5.74) is 2.42. The predicted octanol–water partition coefficient (Wildman–Crippen LogP) is 5.10. The standard InChI is InChI=1S/C22H17F2N3O2S/c23-17-6-7-20(19(24)9-17)29-13-16-8-21(30-14-16)22(28)26-18-10-25-27(12-18)11-15-4-2-1-3-5-15/h1-10,12,14H,11,13H2,(H,26,28). The van der Waals surface area contributed by atoms with Gasteiger partial charge in [-0.25, -0.2) is 8.78 Å². The van der Waals surface area contributed by atoms with Crippen molar-refractivity contribution < 1.29 is 18.3 Å². The molecular weight excluding hydrogens is 408 g/mol. The summed E-state index contributed by atoms with van der Waals surface area (Å²) in [5.74, 6) is -1.74. The van der Waals surface area contributed by atoms with E-state index in [1.807, 2.05) is 30.3 Å². The number of anilines is 1. The third-order valence-electron chi connectivity index (χ3n) is 4.24. The van der Waals surface area contributed by atoms with E-state index in [0.717, 1.165) is 17.7 Å². The first-order valence-electron chi connectivity index (χ1n) is 9.10. The summed E-state index contributed by atoms with van der Waals surface area (Å²) in [6.07, 6.45) is 3.36.